The van der Waals surface area contributed by atoms with Crippen molar-refractivity contribution in [3.8, 4) is 0 Å². The van der Waals surface area contributed by atoms with Gasteiger partial charge in [0.25, 0.3) is 0 Å². The van der Waals surface area contributed by atoms with Gasteiger partial charge in [-0.3, -0.25) is 9.59 Å². The highest BCUT2D eigenvalue weighted by Gasteiger charge is 2.14. The number of carbonyl (C=O) groups is 2. The molecule has 0 atom stereocenters. The van der Waals surface area contributed by atoms with Crippen molar-refractivity contribution < 1.29 is 19.4 Å². The average molecular weight is 657 g/mol. The number of carboxylic acids is 1. The van der Waals surface area contributed by atoms with Gasteiger partial charge in [-0.05, 0) is 103 Å². The van der Waals surface area contributed by atoms with Crippen molar-refractivity contribution in [2.45, 2.75) is 213 Å². The summed E-state index contributed by atoms with van der Waals surface area (Å²) in [6.45, 7) is 4.50. The van der Waals surface area contributed by atoms with Crippen LogP contribution in [0.5, 0.6) is 0 Å². The van der Waals surface area contributed by atoms with Gasteiger partial charge in [-0.2, -0.15) is 0 Å². The second-order valence-electron chi connectivity index (χ2n) is 13.5. The number of hydrogen-bond donors (Lipinski definition) is 1. The third kappa shape index (κ3) is 38.2. The first-order chi connectivity index (χ1) is 23.1. The van der Waals surface area contributed by atoms with E-state index < -0.39 is 5.97 Å². The maximum absolute atomic E-state index is 12.5. The minimum atomic E-state index is -0.800. The Morgan fingerprint density at radius 2 is 0.830 bits per heavy atom. The van der Waals surface area contributed by atoms with Gasteiger partial charge in [0.15, 0.2) is 0 Å². The second-order valence-corrected chi connectivity index (χ2v) is 13.5. The maximum atomic E-state index is 12.5. The summed E-state index contributed by atoms with van der Waals surface area (Å²) in [5.41, 5.74) is 0. The largest absolute Gasteiger partial charge is 0.481 e. The molecule has 0 bridgehead atoms. The summed E-state index contributed by atoms with van der Waals surface area (Å²) < 4.78 is 5.89. The van der Waals surface area contributed by atoms with Crippen molar-refractivity contribution in [1.29, 1.82) is 0 Å². The molecule has 1 N–H and O–H groups in total. The van der Waals surface area contributed by atoms with E-state index in [1.165, 1.54) is 128 Å². The number of carbonyl (C=O) groups excluding carboxylic acids is 1. The molecule has 0 aliphatic heterocycles. The van der Waals surface area contributed by atoms with E-state index in [2.05, 4.69) is 62.5 Å². The van der Waals surface area contributed by atoms with Gasteiger partial charge in [-0.15, -0.1) is 0 Å². The van der Waals surface area contributed by atoms with Crippen LogP contribution in [0.2, 0.25) is 0 Å². The molecule has 0 rings (SSSR count). The predicted octanol–water partition coefficient (Wildman–Crippen LogP) is 14.0. The number of aliphatic carboxylic acids is 1. The third-order valence-electron chi connectivity index (χ3n) is 8.77. The SMILES string of the molecule is CCCCC/C=C\C/C=C\CCCCCCCCC(CCCCCCCC/C=C\C/C=C\CCCCC)OC(=O)CCCCC(=O)O. The van der Waals surface area contributed by atoms with Gasteiger partial charge in [0.05, 0.1) is 0 Å². The number of hydrogen-bond acceptors (Lipinski definition) is 3. The predicted molar refractivity (Wildman–Crippen MR) is 204 cm³/mol. The van der Waals surface area contributed by atoms with Crippen molar-refractivity contribution in [2.75, 3.05) is 0 Å². The molecule has 0 fully saturated rings. The zero-order valence-electron chi connectivity index (χ0n) is 31.1. The van der Waals surface area contributed by atoms with Crippen LogP contribution >= 0.6 is 0 Å². The molecule has 0 aliphatic rings. The molecule has 0 aliphatic carbocycles. The van der Waals surface area contributed by atoms with E-state index in [0.29, 0.717) is 19.3 Å². The summed E-state index contributed by atoms with van der Waals surface area (Å²) in [6.07, 6.45) is 51.7. The molecule has 0 aromatic carbocycles. The number of esters is 1. The van der Waals surface area contributed by atoms with Crippen molar-refractivity contribution in [1.82, 2.24) is 0 Å². The highest BCUT2D eigenvalue weighted by Crippen LogP contribution is 2.18. The molecule has 0 spiro atoms. The number of rotatable bonds is 36. The summed E-state index contributed by atoms with van der Waals surface area (Å²) in [5, 5.41) is 8.84. The average Bonchev–Trinajstić information content (AvgIpc) is 3.06. The fraction of sp³-hybridized carbons (Fsp3) is 0.767. The molecule has 0 aromatic rings. The lowest BCUT2D eigenvalue weighted by molar-refractivity contribution is -0.150. The highest BCUT2D eigenvalue weighted by atomic mass is 16.5. The first-order valence-electron chi connectivity index (χ1n) is 20.1. The fourth-order valence-corrected chi connectivity index (χ4v) is 5.77. The zero-order valence-corrected chi connectivity index (χ0v) is 31.1. The topological polar surface area (TPSA) is 63.6 Å². The Hall–Kier alpha value is -2.10. The van der Waals surface area contributed by atoms with Crippen molar-refractivity contribution in [3.63, 3.8) is 0 Å². The molecule has 4 heteroatoms. The number of ether oxygens (including phenoxy) is 1. The summed E-state index contributed by atoms with van der Waals surface area (Å²) in [7, 11) is 0. The summed E-state index contributed by atoms with van der Waals surface area (Å²) >= 11 is 0. The van der Waals surface area contributed by atoms with E-state index in [-0.39, 0.29) is 18.5 Å². The lowest BCUT2D eigenvalue weighted by Gasteiger charge is -2.18. The number of carboxylic acid groups (broad SMARTS) is 1. The van der Waals surface area contributed by atoms with Gasteiger partial charge in [0.2, 0.25) is 0 Å². The minimum Gasteiger partial charge on any atom is -0.481 e. The Bertz CT molecular complexity index is 746. The smallest absolute Gasteiger partial charge is 0.306 e. The van der Waals surface area contributed by atoms with Crippen molar-refractivity contribution in [3.05, 3.63) is 48.6 Å². The molecule has 0 aromatic heterocycles. The molecule has 0 amide bonds. The van der Waals surface area contributed by atoms with Crippen LogP contribution in [0.15, 0.2) is 48.6 Å². The van der Waals surface area contributed by atoms with Crippen LogP contribution < -0.4 is 0 Å². The molecule has 0 radical (unpaired) electrons. The summed E-state index contributed by atoms with van der Waals surface area (Å²) in [4.78, 5) is 23.2. The van der Waals surface area contributed by atoms with E-state index in [0.717, 1.165) is 38.5 Å². The lowest BCUT2D eigenvalue weighted by atomic mass is 10.0. The zero-order chi connectivity index (χ0) is 34.3. The van der Waals surface area contributed by atoms with E-state index >= 15 is 0 Å². The first kappa shape index (κ1) is 44.9. The van der Waals surface area contributed by atoms with Gasteiger partial charge < -0.3 is 9.84 Å². The number of allylic oxidation sites excluding steroid dienone is 8. The first-order valence-corrected chi connectivity index (χ1v) is 20.1. The van der Waals surface area contributed by atoms with Gasteiger partial charge in [-0.1, -0.05) is 140 Å². The van der Waals surface area contributed by atoms with Crippen LogP contribution in [-0.2, 0) is 14.3 Å². The molecule has 0 heterocycles. The molecular weight excluding hydrogens is 580 g/mol. The van der Waals surface area contributed by atoms with Crippen LogP contribution in [0, 0.1) is 0 Å². The Morgan fingerprint density at radius 3 is 1.23 bits per heavy atom. The van der Waals surface area contributed by atoms with Gasteiger partial charge in [0, 0.05) is 12.8 Å². The van der Waals surface area contributed by atoms with Gasteiger partial charge in [0.1, 0.15) is 6.10 Å². The molecule has 47 heavy (non-hydrogen) atoms. The molecular formula is C43H76O4. The van der Waals surface area contributed by atoms with E-state index in [4.69, 9.17) is 9.84 Å². The molecule has 0 saturated carbocycles. The summed E-state index contributed by atoms with van der Waals surface area (Å²) in [6, 6.07) is 0. The minimum absolute atomic E-state index is 0.0126. The quantitative estimate of drug-likeness (QED) is 0.0414. The van der Waals surface area contributed by atoms with E-state index in [9.17, 15) is 9.59 Å². The molecule has 0 saturated heterocycles. The van der Waals surface area contributed by atoms with E-state index in [1.807, 2.05) is 0 Å². The Labute approximate surface area is 292 Å². The van der Waals surface area contributed by atoms with Crippen LogP contribution in [0.4, 0.5) is 0 Å². The fourth-order valence-electron chi connectivity index (χ4n) is 5.77. The van der Waals surface area contributed by atoms with Gasteiger partial charge in [-0.25, -0.2) is 0 Å². The normalized spacial score (nSPS) is 12.1. The monoisotopic (exact) mass is 657 g/mol. The second kappa shape index (κ2) is 38.3. The third-order valence-corrected chi connectivity index (χ3v) is 8.77. The van der Waals surface area contributed by atoms with Gasteiger partial charge >= 0.3 is 11.9 Å². The molecule has 4 nitrogen and oxygen atoms in total. The Balaban J connectivity index is 4.06. The Morgan fingerprint density at radius 1 is 0.468 bits per heavy atom. The van der Waals surface area contributed by atoms with Crippen LogP contribution in [-0.4, -0.2) is 23.1 Å². The molecule has 272 valence electrons. The highest BCUT2D eigenvalue weighted by molar-refractivity contribution is 5.70. The maximum Gasteiger partial charge on any atom is 0.306 e. The number of unbranched alkanes of at least 4 members (excludes halogenated alkanes) is 19. The van der Waals surface area contributed by atoms with Crippen molar-refractivity contribution >= 4 is 11.9 Å². The molecule has 0 unspecified atom stereocenters. The van der Waals surface area contributed by atoms with Crippen molar-refractivity contribution in [2.24, 2.45) is 0 Å². The van der Waals surface area contributed by atoms with Crippen LogP contribution in [0.3, 0.4) is 0 Å². The van der Waals surface area contributed by atoms with Crippen LogP contribution in [0.1, 0.15) is 206 Å². The van der Waals surface area contributed by atoms with Crippen LogP contribution in [0.25, 0.3) is 0 Å². The lowest BCUT2D eigenvalue weighted by Crippen LogP contribution is -2.18. The van der Waals surface area contributed by atoms with E-state index in [1.54, 1.807) is 0 Å². The standard InChI is InChI=1S/C43H76O4/c1-3-5-7-9-11-13-15-17-19-21-23-25-27-29-31-33-37-41(47-43(46)40-36-35-39-42(44)45)38-34-32-30-28-26-24-22-20-18-16-14-12-10-8-6-4-2/h11-14,17-20,41H,3-10,15-16,21-40H2,1-2H3,(H,44,45)/b13-11-,14-12-,19-17-,20-18-. The summed E-state index contributed by atoms with van der Waals surface area (Å²) in [5.74, 6) is -0.952. The Kier molecular flexibility index (Phi) is 36.6.